The first-order chi connectivity index (χ1) is 9.44. The average Bonchev–Trinajstić information content (AvgIpc) is 2.40. The highest BCUT2D eigenvalue weighted by molar-refractivity contribution is 7.99. The summed E-state index contributed by atoms with van der Waals surface area (Å²) >= 11 is 1.75. The lowest BCUT2D eigenvalue weighted by Gasteiger charge is -2.22. The summed E-state index contributed by atoms with van der Waals surface area (Å²) in [5.74, 6) is 1.72. The van der Waals surface area contributed by atoms with Crippen molar-refractivity contribution in [2.45, 2.75) is 6.04 Å². The van der Waals surface area contributed by atoms with Crippen LogP contribution in [0.25, 0.3) is 0 Å². The first-order valence-electron chi connectivity index (χ1n) is 6.14. The SMILES string of the molecule is CS(=O)(=O)Nc1ccc(NC(=O)C2CSCCN2)cc1. The molecule has 1 aromatic carbocycles. The van der Waals surface area contributed by atoms with Gasteiger partial charge < -0.3 is 10.6 Å². The van der Waals surface area contributed by atoms with Gasteiger partial charge in [0.2, 0.25) is 15.9 Å². The normalized spacial score (nSPS) is 19.4. The summed E-state index contributed by atoms with van der Waals surface area (Å²) in [5.41, 5.74) is 1.11. The molecule has 1 amide bonds. The van der Waals surface area contributed by atoms with Crippen molar-refractivity contribution in [1.29, 1.82) is 0 Å². The molecule has 110 valence electrons. The Morgan fingerprint density at radius 2 is 1.95 bits per heavy atom. The van der Waals surface area contributed by atoms with Crippen LogP contribution in [-0.4, -0.2) is 44.7 Å². The van der Waals surface area contributed by atoms with Gasteiger partial charge in [-0.05, 0) is 24.3 Å². The molecule has 2 rings (SSSR count). The standard InChI is InChI=1S/C12H17N3O3S2/c1-20(17,18)15-10-4-2-9(3-5-10)14-12(16)11-8-19-7-6-13-11/h2-5,11,13,15H,6-8H2,1H3,(H,14,16). The highest BCUT2D eigenvalue weighted by Gasteiger charge is 2.20. The van der Waals surface area contributed by atoms with Gasteiger partial charge in [0.25, 0.3) is 0 Å². The Labute approximate surface area is 122 Å². The van der Waals surface area contributed by atoms with Crippen molar-refractivity contribution in [3.8, 4) is 0 Å². The lowest BCUT2D eigenvalue weighted by molar-refractivity contribution is -0.117. The molecule has 0 radical (unpaired) electrons. The third-order valence-corrected chi connectivity index (χ3v) is 4.36. The molecule has 1 atom stereocenters. The molecule has 1 heterocycles. The third-order valence-electron chi connectivity index (χ3n) is 2.69. The number of nitrogens with one attached hydrogen (secondary N) is 3. The maximum absolute atomic E-state index is 12.0. The minimum Gasteiger partial charge on any atom is -0.325 e. The fourth-order valence-electron chi connectivity index (χ4n) is 1.80. The van der Waals surface area contributed by atoms with E-state index in [1.54, 1.807) is 36.0 Å². The average molecular weight is 315 g/mol. The highest BCUT2D eigenvalue weighted by Crippen LogP contribution is 2.15. The molecule has 0 aliphatic carbocycles. The summed E-state index contributed by atoms with van der Waals surface area (Å²) in [6, 6.07) is 6.38. The van der Waals surface area contributed by atoms with E-state index in [9.17, 15) is 13.2 Å². The molecular formula is C12H17N3O3S2. The summed E-state index contributed by atoms with van der Waals surface area (Å²) in [6.45, 7) is 0.833. The van der Waals surface area contributed by atoms with Crippen LogP contribution >= 0.6 is 11.8 Å². The Kier molecular flexibility index (Phi) is 4.90. The number of carbonyl (C=O) groups is 1. The van der Waals surface area contributed by atoms with Crippen molar-refractivity contribution in [3.63, 3.8) is 0 Å². The van der Waals surface area contributed by atoms with Gasteiger partial charge in [0, 0.05) is 29.4 Å². The molecule has 3 N–H and O–H groups in total. The molecule has 1 fully saturated rings. The first kappa shape index (κ1) is 15.1. The largest absolute Gasteiger partial charge is 0.325 e. The zero-order valence-corrected chi connectivity index (χ0v) is 12.7. The van der Waals surface area contributed by atoms with Crippen molar-refractivity contribution in [3.05, 3.63) is 24.3 Å². The van der Waals surface area contributed by atoms with Crippen LogP contribution in [0.4, 0.5) is 11.4 Å². The van der Waals surface area contributed by atoms with Crippen LogP contribution in [0.15, 0.2) is 24.3 Å². The Morgan fingerprint density at radius 1 is 1.30 bits per heavy atom. The van der Waals surface area contributed by atoms with Crippen LogP contribution in [0.5, 0.6) is 0 Å². The van der Waals surface area contributed by atoms with E-state index in [2.05, 4.69) is 15.4 Å². The van der Waals surface area contributed by atoms with Gasteiger partial charge in [0.15, 0.2) is 0 Å². The Morgan fingerprint density at radius 3 is 2.50 bits per heavy atom. The fourth-order valence-corrected chi connectivity index (χ4v) is 3.30. The molecule has 0 saturated carbocycles. The number of carbonyl (C=O) groups excluding carboxylic acids is 1. The van der Waals surface area contributed by atoms with Crippen LogP contribution in [-0.2, 0) is 14.8 Å². The summed E-state index contributed by atoms with van der Waals surface area (Å²) in [4.78, 5) is 12.0. The van der Waals surface area contributed by atoms with E-state index in [1.165, 1.54) is 0 Å². The Hall–Kier alpha value is -1.25. The predicted octanol–water partition coefficient (Wildman–Crippen LogP) is 0.702. The molecule has 1 aromatic rings. The molecule has 1 saturated heterocycles. The number of rotatable bonds is 4. The maximum atomic E-state index is 12.0. The van der Waals surface area contributed by atoms with Crippen molar-refractivity contribution >= 4 is 39.1 Å². The molecule has 20 heavy (non-hydrogen) atoms. The van der Waals surface area contributed by atoms with Gasteiger partial charge in [-0.3, -0.25) is 9.52 Å². The highest BCUT2D eigenvalue weighted by atomic mass is 32.2. The monoisotopic (exact) mass is 315 g/mol. The van der Waals surface area contributed by atoms with Crippen LogP contribution in [0, 0.1) is 0 Å². The van der Waals surface area contributed by atoms with Gasteiger partial charge in [-0.25, -0.2) is 8.42 Å². The van der Waals surface area contributed by atoms with Gasteiger partial charge in [-0.2, -0.15) is 11.8 Å². The summed E-state index contributed by atoms with van der Waals surface area (Å²) in [5, 5.41) is 5.97. The van der Waals surface area contributed by atoms with Gasteiger partial charge in [0.05, 0.1) is 12.3 Å². The summed E-state index contributed by atoms with van der Waals surface area (Å²) in [6.07, 6.45) is 1.09. The summed E-state index contributed by atoms with van der Waals surface area (Å²) in [7, 11) is -3.28. The third kappa shape index (κ3) is 4.69. The predicted molar refractivity (Wildman–Crippen MR) is 82.7 cm³/mol. The maximum Gasteiger partial charge on any atom is 0.242 e. The molecule has 6 nitrogen and oxygen atoms in total. The quantitative estimate of drug-likeness (QED) is 0.761. The number of anilines is 2. The smallest absolute Gasteiger partial charge is 0.242 e. The van der Waals surface area contributed by atoms with Crippen molar-refractivity contribution in [2.24, 2.45) is 0 Å². The van der Waals surface area contributed by atoms with Crippen molar-refractivity contribution < 1.29 is 13.2 Å². The van der Waals surface area contributed by atoms with E-state index < -0.39 is 10.0 Å². The van der Waals surface area contributed by atoms with Crippen LogP contribution in [0.2, 0.25) is 0 Å². The van der Waals surface area contributed by atoms with E-state index in [0.717, 1.165) is 24.3 Å². The second-order valence-electron chi connectivity index (χ2n) is 4.52. The minimum atomic E-state index is -3.28. The van der Waals surface area contributed by atoms with Gasteiger partial charge in [0.1, 0.15) is 0 Å². The Balaban J connectivity index is 1.94. The summed E-state index contributed by atoms with van der Waals surface area (Å²) < 4.78 is 24.5. The topological polar surface area (TPSA) is 87.3 Å². The zero-order valence-electron chi connectivity index (χ0n) is 11.0. The number of thioether (sulfide) groups is 1. The fraction of sp³-hybridized carbons (Fsp3) is 0.417. The lowest BCUT2D eigenvalue weighted by atomic mass is 10.2. The number of hydrogen-bond donors (Lipinski definition) is 3. The van der Waals surface area contributed by atoms with Gasteiger partial charge in [-0.15, -0.1) is 0 Å². The van der Waals surface area contributed by atoms with Gasteiger partial charge >= 0.3 is 0 Å². The molecular weight excluding hydrogens is 298 g/mol. The molecule has 8 heteroatoms. The molecule has 0 spiro atoms. The molecule has 1 aliphatic rings. The number of sulfonamides is 1. The van der Waals surface area contributed by atoms with Crippen LogP contribution in [0.1, 0.15) is 0 Å². The van der Waals surface area contributed by atoms with E-state index in [4.69, 9.17) is 0 Å². The van der Waals surface area contributed by atoms with E-state index in [-0.39, 0.29) is 11.9 Å². The van der Waals surface area contributed by atoms with Crippen LogP contribution in [0.3, 0.4) is 0 Å². The van der Waals surface area contributed by atoms with Crippen molar-refractivity contribution in [1.82, 2.24) is 5.32 Å². The number of benzene rings is 1. The van der Waals surface area contributed by atoms with E-state index >= 15 is 0 Å². The van der Waals surface area contributed by atoms with Gasteiger partial charge in [-0.1, -0.05) is 0 Å². The molecule has 1 aliphatic heterocycles. The Bertz CT molecular complexity index is 566. The second kappa shape index (κ2) is 6.47. The molecule has 0 aromatic heterocycles. The van der Waals surface area contributed by atoms with E-state index in [1.807, 2.05) is 0 Å². The van der Waals surface area contributed by atoms with Crippen LogP contribution < -0.4 is 15.4 Å². The lowest BCUT2D eigenvalue weighted by Crippen LogP contribution is -2.46. The first-order valence-corrected chi connectivity index (χ1v) is 9.18. The zero-order chi connectivity index (χ0) is 14.6. The number of hydrogen-bond acceptors (Lipinski definition) is 5. The molecule has 1 unspecified atom stereocenters. The number of amides is 1. The van der Waals surface area contributed by atoms with Crippen molar-refractivity contribution in [2.75, 3.05) is 34.3 Å². The second-order valence-corrected chi connectivity index (χ2v) is 7.42. The minimum absolute atomic E-state index is 0.0685. The molecule has 0 bridgehead atoms. The van der Waals surface area contributed by atoms with E-state index in [0.29, 0.717) is 11.4 Å².